The molecular weight excluding hydrogens is 440 g/mol. The lowest BCUT2D eigenvalue weighted by Gasteiger charge is -2.23. The van der Waals surface area contributed by atoms with E-state index in [1.54, 1.807) is 6.20 Å². The van der Waals surface area contributed by atoms with Gasteiger partial charge in [-0.15, -0.1) is 0 Å². The van der Waals surface area contributed by atoms with Crippen LogP contribution in [0.25, 0.3) is 0 Å². The Morgan fingerprint density at radius 1 is 0.943 bits per heavy atom. The van der Waals surface area contributed by atoms with E-state index in [4.69, 9.17) is 4.74 Å². The van der Waals surface area contributed by atoms with Crippen LogP contribution in [0.4, 0.5) is 11.5 Å². The number of para-hydroxylation sites is 1. The van der Waals surface area contributed by atoms with Gasteiger partial charge in [0.1, 0.15) is 11.6 Å². The lowest BCUT2D eigenvalue weighted by molar-refractivity contribution is -0.133. The van der Waals surface area contributed by atoms with Crippen molar-refractivity contribution in [3.8, 4) is 5.75 Å². The molecule has 0 unspecified atom stereocenters. The van der Waals surface area contributed by atoms with E-state index in [1.165, 1.54) is 0 Å². The molecule has 1 aromatic heterocycles. The first kappa shape index (κ1) is 24.3. The molecule has 0 saturated carbocycles. The third kappa shape index (κ3) is 6.59. The lowest BCUT2D eigenvalue weighted by atomic mass is 9.95. The Balaban J connectivity index is 1.29. The monoisotopic (exact) mass is 472 g/mol. The molecule has 1 atom stereocenters. The van der Waals surface area contributed by atoms with Crippen LogP contribution in [0.1, 0.15) is 31.2 Å². The lowest BCUT2D eigenvalue weighted by Crippen LogP contribution is -2.38. The number of nitrogens with one attached hydrogen (secondary N) is 1. The van der Waals surface area contributed by atoms with E-state index in [-0.39, 0.29) is 24.3 Å². The highest BCUT2D eigenvalue weighted by molar-refractivity contribution is 5.95. The van der Waals surface area contributed by atoms with Crippen molar-refractivity contribution in [3.05, 3.63) is 84.6 Å². The molecule has 2 heterocycles. The van der Waals surface area contributed by atoms with Gasteiger partial charge in [0.2, 0.25) is 5.91 Å². The van der Waals surface area contributed by atoms with Gasteiger partial charge >= 0.3 is 0 Å². The predicted octanol–water partition coefficient (Wildman–Crippen LogP) is 4.33. The number of carbonyl (C=O) groups excluding carboxylic acids is 2. The number of anilines is 2. The number of hydrogen-bond acceptors (Lipinski definition) is 5. The Kier molecular flexibility index (Phi) is 8.33. The molecule has 1 saturated heterocycles. The first-order valence-corrected chi connectivity index (χ1v) is 12.2. The summed E-state index contributed by atoms with van der Waals surface area (Å²) in [6.45, 7) is 4.87. The van der Waals surface area contributed by atoms with Crippen molar-refractivity contribution in [2.24, 2.45) is 0 Å². The Morgan fingerprint density at radius 2 is 1.69 bits per heavy atom. The van der Waals surface area contributed by atoms with Gasteiger partial charge in [-0.25, -0.2) is 4.98 Å². The number of carbonyl (C=O) groups is 2. The van der Waals surface area contributed by atoms with Gasteiger partial charge in [0.25, 0.3) is 5.91 Å². The number of aromatic nitrogens is 1. The molecular formula is C28H32N4O3. The van der Waals surface area contributed by atoms with Gasteiger partial charge < -0.3 is 19.9 Å². The van der Waals surface area contributed by atoms with E-state index in [1.807, 2.05) is 84.6 Å². The second-order valence-electron chi connectivity index (χ2n) is 8.59. The maximum absolute atomic E-state index is 12.8. The van der Waals surface area contributed by atoms with E-state index in [0.717, 1.165) is 30.8 Å². The zero-order valence-corrected chi connectivity index (χ0v) is 20.1. The summed E-state index contributed by atoms with van der Waals surface area (Å²) in [5, 5.41) is 3.00. The van der Waals surface area contributed by atoms with E-state index in [2.05, 4.69) is 15.2 Å². The van der Waals surface area contributed by atoms with Gasteiger partial charge in [-0.3, -0.25) is 9.59 Å². The topological polar surface area (TPSA) is 74.8 Å². The van der Waals surface area contributed by atoms with Crippen LogP contribution in [0.5, 0.6) is 5.75 Å². The molecule has 2 amide bonds. The molecule has 0 spiro atoms. The number of rotatable bonds is 8. The second kappa shape index (κ2) is 12.0. The maximum atomic E-state index is 12.8. The summed E-state index contributed by atoms with van der Waals surface area (Å²) in [6.07, 6.45) is 3.28. The van der Waals surface area contributed by atoms with Gasteiger partial charge in [0.15, 0.2) is 6.61 Å². The van der Waals surface area contributed by atoms with Crippen molar-refractivity contribution in [2.75, 3.05) is 43.0 Å². The van der Waals surface area contributed by atoms with E-state index >= 15 is 0 Å². The number of hydrogen-bond donors (Lipinski definition) is 1. The zero-order chi connectivity index (χ0) is 24.5. The molecule has 3 aromatic rings. The number of amides is 2. The van der Waals surface area contributed by atoms with E-state index in [0.29, 0.717) is 31.1 Å². The average molecular weight is 473 g/mol. The Morgan fingerprint density at radius 3 is 2.37 bits per heavy atom. The third-order valence-corrected chi connectivity index (χ3v) is 6.22. The van der Waals surface area contributed by atoms with Crippen molar-refractivity contribution in [2.45, 2.75) is 25.7 Å². The van der Waals surface area contributed by atoms with Crippen molar-refractivity contribution in [1.82, 2.24) is 9.88 Å². The summed E-state index contributed by atoms with van der Waals surface area (Å²) in [6, 6.07) is 23.0. The van der Waals surface area contributed by atoms with Gasteiger partial charge in [-0.1, -0.05) is 55.5 Å². The fourth-order valence-corrected chi connectivity index (χ4v) is 4.28. The number of ether oxygens (including phenoxy) is 1. The summed E-state index contributed by atoms with van der Waals surface area (Å²) in [5.74, 6) is 1.30. The minimum Gasteiger partial charge on any atom is -0.484 e. The fourth-order valence-electron chi connectivity index (χ4n) is 4.28. The summed E-state index contributed by atoms with van der Waals surface area (Å²) in [7, 11) is 0. The quantitative estimate of drug-likeness (QED) is 0.528. The molecule has 7 heteroatoms. The van der Waals surface area contributed by atoms with Crippen molar-refractivity contribution in [1.29, 1.82) is 0 Å². The minimum atomic E-state index is -0.198. The standard InChI is InChI=1S/C28H32N4O3/c1-2-25(22-10-5-3-6-11-22)28(34)30-23-14-15-26(29-20-23)31-16-9-17-32(19-18-31)27(33)21-35-24-12-7-4-8-13-24/h3-8,10-15,20,25H,2,9,16-19,21H2,1H3,(H,30,34)/t25-/m1/s1. The summed E-state index contributed by atoms with van der Waals surface area (Å²) < 4.78 is 5.62. The molecule has 1 N–H and O–H groups in total. The summed E-state index contributed by atoms with van der Waals surface area (Å²) in [4.78, 5) is 34.1. The SMILES string of the molecule is CC[C@@H](C(=O)Nc1ccc(N2CCCN(C(=O)COc3ccccc3)CC2)nc1)c1ccccc1. The number of benzene rings is 2. The Hall–Kier alpha value is -3.87. The number of pyridine rings is 1. The first-order valence-electron chi connectivity index (χ1n) is 12.2. The molecule has 0 bridgehead atoms. The molecule has 1 aliphatic rings. The molecule has 4 rings (SSSR count). The Labute approximate surface area is 206 Å². The molecule has 182 valence electrons. The van der Waals surface area contributed by atoms with Crippen LogP contribution >= 0.6 is 0 Å². The molecule has 0 radical (unpaired) electrons. The van der Waals surface area contributed by atoms with E-state index < -0.39 is 0 Å². The maximum Gasteiger partial charge on any atom is 0.260 e. The zero-order valence-electron chi connectivity index (χ0n) is 20.1. The molecule has 0 aliphatic carbocycles. The van der Waals surface area contributed by atoms with E-state index in [9.17, 15) is 9.59 Å². The van der Waals surface area contributed by atoms with Crippen molar-refractivity contribution < 1.29 is 14.3 Å². The second-order valence-corrected chi connectivity index (χ2v) is 8.59. The largest absolute Gasteiger partial charge is 0.484 e. The predicted molar refractivity (Wildman–Crippen MR) is 138 cm³/mol. The molecule has 1 fully saturated rings. The van der Waals surface area contributed by atoms with Gasteiger partial charge in [-0.2, -0.15) is 0 Å². The highest BCUT2D eigenvalue weighted by atomic mass is 16.5. The van der Waals surface area contributed by atoms with Crippen molar-refractivity contribution in [3.63, 3.8) is 0 Å². The highest BCUT2D eigenvalue weighted by Gasteiger charge is 2.21. The van der Waals surface area contributed by atoms with Crippen LogP contribution in [0.2, 0.25) is 0 Å². The average Bonchev–Trinajstić information content (AvgIpc) is 3.16. The normalized spacial score (nSPS) is 14.7. The molecule has 35 heavy (non-hydrogen) atoms. The molecule has 2 aromatic carbocycles. The Bertz CT molecular complexity index is 1090. The third-order valence-electron chi connectivity index (χ3n) is 6.22. The van der Waals surface area contributed by atoms with Crippen LogP contribution in [0.15, 0.2) is 79.0 Å². The first-order chi connectivity index (χ1) is 17.1. The summed E-state index contributed by atoms with van der Waals surface area (Å²) >= 11 is 0. The van der Waals surface area contributed by atoms with Crippen molar-refractivity contribution >= 4 is 23.3 Å². The summed E-state index contributed by atoms with van der Waals surface area (Å²) in [5.41, 5.74) is 1.69. The van der Waals surface area contributed by atoms with Crippen LogP contribution in [-0.2, 0) is 9.59 Å². The van der Waals surface area contributed by atoms with Gasteiger partial charge in [0, 0.05) is 26.2 Å². The van der Waals surface area contributed by atoms with Gasteiger partial charge in [0.05, 0.1) is 17.8 Å². The molecule has 7 nitrogen and oxygen atoms in total. The smallest absolute Gasteiger partial charge is 0.260 e. The van der Waals surface area contributed by atoms with Crippen LogP contribution in [-0.4, -0.2) is 54.5 Å². The highest BCUT2D eigenvalue weighted by Crippen LogP contribution is 2.22. The van der Waals surface area contributed by atoms with Crippen LogP contribution in [0.3, 0.4) is 0 Å². The van der Waals surface area contributed by atoms with Crippen LogP contribution < -0.4 is 15.0 Å². The van der Waals surface area contributed by atoms with Gasteiger partial charge in [-0.05, 0) is 42.7 Å². The molecule has 1 aliphatic heterocycles. The fraction of sp³-hybridized carbons (Fsp3) is 0.321. The number of nitrogens with zero attached hydrogens (tertiary/aromatic N) is 3. The van der Waals surface area contributed by atoms with Crippen LogP contribution in [0, 0.1) is 0 Å². The minimum absolute atomic E-state index is 0.00869.